The standard InChI is InChI=1S/C12H15F2NO/c13-10-5-1-4-9(11(10)14)12(16)8-3-2-6-15-7-8/h1,4-5,8,12,15-16H,2-3,6-7H2. The summed E-state index contributed by atoms with van der Waals surface area (Å²) in [7, 11) is 0. The Morgan fingerprint density at radius 2 is 2.19 bits per heavy atom. The van der Waals surface area contributed by atoms with E-state index in [0.29, 0.717) is 6.54 Å². The Morgan fingerprint density at radius 3 is 2.88 bits per heavy atom. The summed E-state index contributed by atoms with van der Waals surface area (Å²) in [6, 6.07) is 3.93. The largest absolute Gasteiger partial charge is 0.388 e. The van der Waals surface area contributed by atoms with Crippen molar-refractivity contribution in [3.05, 3.63) is 35.4 Å². The maximum absolute atomic E-state index is 13.5. The fourth-order valence-electron chi connectivity index (χ4n) is 2.15. The maximum atomic E-state index is 13.5. The molecule has 0 bridgehead atoms. The second-order valence-corrected chi connectivity index (χ2v) is 4.19. The van der Waals surface area contributed by atoms with Crippen molar-refractivity contribution in [3.63, 3.8) is 0 Å². The van der Waals surface area contributed by atoms with Gasteiger partial charge in [0.15, 0.2) is 11.6 Å². The van der Waals surface area contributed by atoms with Gasteiger partial charge in [0.1, 0.15) is 0 Å². The van der Waals surface area contributed by atoms with Crippen LogP contribution in [0.1, 0.15) is 24.5 Å². The van der Waals surface area contributed by atoms with E-state index >= 15 is 0 Å². The van der Waals surface area contributed by atoms with Crippen LogP contribution in [-0.4, -0.2) is 18.2 Å². The van der Waals surface area contributed by atoms with E-state index in [4.69, 9.17) is 0 Å². The van der Waals surface area contributed by atoms with Gasteiger partial charge in [-0.2, -0.15) is 0 Å². The monoisotopic (exact) mass is 227 g/mol. The molecule has 4 heteroatoms. The normalized spacial score (nSPS) is 23.1. The molecule has 0 aliphatic carbocycles. The summed E-state index contributed by atoms with van der Waals surface area (Å²) in [5.41, 5.74) is 0.0636. The van der Waals surface area contributed by atoms with Crippen molar-refractivity contribution in [3.8, 4) is 0 Å². The Morgan fingerprint density at radius 1 is 1.38 bits per heavy atom. The van der Waals surface area contributed by atoms with E-state index in [9.17, 15) is 13.9 Å². The Kier molecular flexibility index (Phi) is 3.51. The molecule has 2 nitrogen and oxygen atoms in total. The van der Waals surface area contributed by atoms with Crippen LogP contribution in [0.3, 0.4) is 0 Å². The second kappa shape index (κ2) is 4.89. The number of piperidine rings is 1. The minimum Gasteiger partial charge on any atom is -0.388 e. The zero-order chi connectivity index (χ0) is 11.5. The van der Waals surface area contributed by atoms with Gasteiger partial charge in [0.05, 0.1) is 6.10 Å². The van der Waals surface area contributed by atoms with Crippen molar-refractivity contribution >= 4 is 0 Å². The molecular formula is C12H15F2NO. The maximum Gasteiger partial charge on any atom is 0.164 e. The van der Waals surface area contributed by atoms with Crippen LogP contribution in [0, 0.1) is 17.6 Å². The van der Waals surface area contributed by atoms with Crippen LogP contribution in [0.2, 0.25) is 0 Å². The molecule has 0 amide bonds. The molecule has 88 valence electrons. The van der Waals surface area contributed by atoms with Gasteiger partial charge in [-0.1, -0.05) is 12.1 Å². The van der Waals surface area contributed by atoms with E-state index in [-0.39, 0.29) is 11.5 Å². The molecule has 0 saturated carbocycles. The van der Waals surface area contributed by atoms with Crippen molar-refractivity contribution in [2.45, 2.75) is 18.9 Å². The van der Waals surface area contributed by atoms with E-state index in [1.54, 1.807) is 0 Å². The van der Waals surface area contributed by atoms with Gasteiger partial charge in [-0.05, 0) is 25.5 Å². The van der Waals surface area contributed by atoms with Crippen LogP contribution in [0.4, 0.5) is 8.78 Å². The average molecular weight is 227 g/mol. The fraction of sp³-hybridized carbons (Fsp3) is 0.500. The third-order valence-electron chi connectivity index (χ3n) is 3.08. The summed E-state index contributed by atoms with van der Waals surface area (Å²) >= 11 is 0. The van der Waals surface area contributed by atoms with E-state index in [1.807, 2.05) is 0 Å². The number of aliphatic hydroxyl groups excluding tert-OH is 1. The molecule has 1 aliphatic heterocycles. The first-order valence-electron chi connectivity index (χ1n) is 5.53. The molecule has 1 fully saturated rings. The summed E-state index contributed by atoms with van der Waals surface area (Å²) in [6.07, 6.45) is 0.867. The molecule has 2 atom stereocenters. The Balaban J connectivity index is 2.19. The molecule has 2 unspecified atom stereocenters. The first-order chi connectivity index (χ1) is 7.70. The SMILES string of the molecule is OC(c1cccc(F)c1F)C1CCCNC1. The van der Waals surface area contributed by atoms with Crippen molar-refractivity contribution in [2.24, 2.45) is 5.92 Å². The van der Waals surface area contributed by atoms with Crippen LogP contribution in [-0.2, 0) is 0 Å². The van der Waals surface area contributed by atoms with Gasteiger partial charge in [-0.15, -0.1) is 0 Å². The number of aliphatic hydroxyl groups is 1. The van der Waals surface area contributed by atoms with Crippen LogP contribution in [0.25, 0.3) is 0 Å². The molecule has 2 N–H and O–H groups in total. The summed E-state index contributed by atoms with van der Waals surface area (Å²) in [5, 5.41) is 13.1. The molecule has 0 radical (unpaired) electrons. The molecule has 16 heavy (non-hydrogen) atoms. The highest BCUT2D eigenvalue weighted by molar-refractivity contribution is 5.22. The van der Waals surface area contributed by atoms with E-state index in [2.05, 4.69) is 5.32 Å². The number of benzene rings is 1. The molecule has 1 aromatic rings. The Hall–Kier alpha value is -1.00. The molecule has 0 spiro atoms. The van der Waals surface area contributed by atoms with Crippen molar-refractivity contribution in [2.75, 3.05) is 13.1 Å². The number of halogens is 2. The lowest BCUT2D eigenvalue weighted by atomic mass is 9.89. The lowest BCUT2D eigenvalue weighted by molar-refractivity contribution is 0.0881. The quantitative estimate of drug-likeness (QED) is 0.810. The highest BCUT2D eigenvalue weighted by Crippen LogP contribution is 2.29. The van der Waals surface area contributed by atoms with Gasteiger partial charge in [-0.3, -0.25) is 0 Å². The van der Waals surface area contributed by atoms with Gasteiger partial charge < -0.3 is 10.4 Å². The van der Waals surface area contributed by atoms with E-state index < -0.39 is 17.7 Å². The molecule has 0 aromatic heterocycles. The summed E-state index contributed by atoms with van der Waals surface area (Å²) in [4.78, 5) is 0. The number of rotatable bonds is 2. The van der Waals surface area contributed by atoms with E-state index in [0.717, 1.165) is 25.5 Å². The third kappa shape index (κ3) is 2.23. The minimum absolute atomic E-state index is 0.0370. The molecule has 1 saturated heterocycles. The Bertz CT molecular complexity index is 364. The van der Waals surface area contributed by atoms with Crippen LogP contribution in [0.15, 0.2) is 18.2 Å². The number of hydrogen-bond acceptors (Lipinski definition) is 2. The molecule has 1 aliphatic rings. The molecule has 1 heterocycles. The van der Waals surface area contributed by atoms with Crippen molar-refractivity contribution in [1.82, 2.24) is 5.32 Å². The lowest BCUT2D eigenvalue weighted by Crippen LogP contribution is -2.33. The van der Waals surface area contributed by atoms with Gasteiger partial charge in [0, 0.05) is 18.0 Å². The minimum atomic E-state index is -0.930. The average Bonchev–Trinajstić information content (AvgIpc) is 2.33. The van der Waals surface area contributed by atoms with Crippen molar-refractivity contribution < 1.29 is 13.9 Å². The summed E-state index contributed by atoms with van der Waals surface area (Å²) < 4.78 is 26.5. The highest BCUT2D eigenvalue weighted by Gasteiger charge is 2.25. The summed E-state index contributed by atoms with van der Waals surface area (Å²) in [6.45, 7) is 1.58. The topological polar surface area (TPSA) is 32.3 Å². The molecular weight excluding hydrogens is 212 g/mol. The van der Waals surface area contributed by atoms with Crippen LogP contribution >= 0.6 is 0 Å². The first-order valence-corrected chi connectivity index (χ1v) is 5.53. The highest BCUT2D eigenvalue weighted by atomic mass is 19.2. The smallest absolute Gasteiger partial charge is 0.164 e. The fourth-order valence-corrected chi connectivity index (χ4v) is 2.15. The van der Waals surface area contributed by atoms with Crippen LogP contribution < -0.4 is 5.32 Å². The third-order valence-corrected chi connectivity index (χ3v) is 3.08. The van der Waals surface area contributed by atoms with Crippen LogP contribution in [0.5, 0.6) is 0 Å². The second-order valence-electron chi connectivity index (χ2n) is 4.19. The number of hydrogen-bond donors (Lipinski definition) is 2. The zero-order valence-corrected chi connectivity index (χ0v) is 8.92. The van der Waals surface area contributed by atoms with Gasteiger partial charge >= 0.3 is 0 Å². The predicted molar refractivity (Wildman–Crippen MR) is 56.9 cm³/mol. The van der Waals surface area contributed by atoms with Gasteiger partial charge in [-0.25, -0.2) is 8.78 Å². The van der Waals surface area contributed by atoms with Gasteiger partial charge in [0.2, 0.25) is 0 Å². The van der Waals surface area contributed by atoms with Crippen molar-refractivity contribution in [1.29, 1.82) is 0 Å². The number of nitrogens with one attached hydrogen (secondary N) is 1. The molecule has 2 rings (SSSR count). The van der Waals surface area contributed by atoms with E-state index in [1.165, 1.54) is 12.1 Å². The van der Waals surface area contributed by atoms with Gasteiger partial charge in [0.25, 0.3) is 0 Å². The lowest BCUT2D eigenvalue weighted by Gasteiger charge is -2.27. The zero-order valence-electron chi connectivity index (χ0n) is 8.92. The first kappa shape index (κ1) is 11.5. The predicted octanol–water partition coefficient (Wildman–Crippen LogP) is 2.00. The summed E-state index contributed by atoms with van der Waals surface area (Å²) in [5.74, 6) is -1.87. The Labute approximate surface area is 93.3 Å². The molecule has 1 aromatic carbocycles.